The first-order valence-electron chi connectivity index (χ1n) is 22.7. The van der Waals surface area contributed by atoms with Gasteiger partial charge in [-0.05, 0) is 69.1 Å². The maximum Gasteiger partial charge on any atom is 0.469 e. The molecule has 378 valence electrons. The van der Waals surface area contributed by atoms with Gasteiger partial charge in [-0.1, -0.05) is 61.0 Å². The van der Waals surface area contributed by atoms with Crippen molar-refractivity contribution in [2.24, 2.45) is 16.8 Å². The lowest BCUT2D eigenvalue weighted by Gasteiger charge is -2.28. The number of hydrogen-bond donors (Lipinski definition) is 8. The van der Waals surface area contributed by atoms with Crippen molar-refractivity contribution in [3.05, 3.63) is 72.1 Å². The Kier molecular flexibility index (Phi) is 22.1. The number of nitrogens with zero attached hydrogens (tertiary/aromatic N) is 7. The molecule has 3 heterocycles. The Morgan fingerprint density at radius 3 is 2.33 bits per heavy atom. The number of unbranched alkanes of at least 4 members (excludes halogenated alkanes) is 3. The maximum atomic E-state index is 14.1. The normalized spacial score (nSPS) is 16.2. The third-order valence-electron chi connectivity index (χ3n) is 11.0. The second kappa shape index (κ2) is 27.6. The summed E-state index contributed by atoms with van der Waals surface area (Å²) in [7, 11) is -5.13. The van der Waals surface area contributed by atoms with Crippen LogP contribution in [0.4, 0.5) is 0 Å². The number of allylic oxidation sites excluding steroid dienone is 1. The van der Waals surface area contributed by atoms with E-state index in [4.69, 9.17) is 10.6 Å². The van der Waals surface area contributed by atoms with Crippen molar-refractivity contribution in [2.45, 2.75) is 128 Å². The van der Waals surface area contributed by atoms with Gasteiger partial charge in [-0.15, -0.1) is 5.10 Å². The van der Waals surface area contributed by atoms with E-state index in [-0.39, 0.29) is 24.7 Å². The average Bonchev–Trinajstić information content (AvgIpc) is 4.07. The largest absolute Gasteiger partial charge is 0.469 e. The SMILES string of the molecule is CC(=O)N1CCC[C@H]1C(=O)N[C@@H](CC(C)C)C(=O)N[C@@H](Cc1cncn1CCCCCCO/N=C/C=C/c1cn(Cc2ccccc2)nn1)C(=O)N[C@@H](CO)C(=O)N[C@H](C(N)=O)[C@@H](C)OP(=O)(O)O. The summed E-state index contributed by atoms with van der Waals surface area (Å²) in [5.74, 6) is -4.97. The molecule has 69 heavy (non-hydrogen) atoms. The molecule has 2 aromatic heterocycles. The number of aromatic nitrogens is 5. The van der Waals surface area contributed by atoms with Gasteiger partial charge in [0.15, 0.2) is 0 Å². The number of imidazole rings is 1. The lowest BCUT2D eigenvalue weighted by atomic mass is 10.0. The number of primary amides is 1. The first-order valence-corrected chi connectivity index (χ1v) is 24.3. The summed E-state index contributed by atoms with van der Waals surface area (Å²) in [5, 5.41) is 32.4. The molecule has 6 amide bonds. The van der Waals surface area contributed by atoms with Crippen molar-refractivity contribution in [3.8, 4) is 0 Å². The fourth-order valence-corrected chi connectivity index (χ4v) is 8.08. The zero-order valence-corrected chi connectivity index (χ0v) is 40.2. The number of nitrogens with one attached hydrogen (secondary N) is 4. The van der Waals surface area contributed by atoms with Crippen LogP contribution < -0.4 is 27.0 Å². The Labute approximate surface area is 400 Å². The number of phosphoric ester groups is 1. The van der Waals surface area contributed by atoms with Gasteiger partial charge in [0, 0.05) is 38.3 Å². The van der Waals surface area contributed by atoms with Crippen molar-refractivity contribution < 1.29 is 57.6 Å². The zero-order valence-electron chi connectivity index (χ0n) is 39.3. The maximum absolute atomic E-state index is 14.1. The first kappa shape index (κ1) is 55.3. The van der Waals surface area contributed by atoms with Crippen molar-refractivity contribution in [1.29, 1.82) is 0 Å². The standard InChI is InChI=1S/C44H65N12O12P/c1-29(2)22-35(49-44(63)38-17-13-20-56(38)31(4)58)41(60)48-36(42(61)50-37(27-57)43(62)51-39(40(45)59)30(3)68-69(64,65)66)23-34-24-46-28-54(34)19-10-5-6-11-21-67-47-18-12-16-33-26-55(53-52-33)25-32-14-8-7-9-15-32/h7-9,12,14-16,18,24,26,28-30,35-39,57H,5-6,10-11,13,17,19-23,25,27H2,1-4H3,(H2,45,59)(H,48,60)(H,49,63)(H,50,61)(H,51,62)(H2,64,65,66)/b16-12+,47-18+/t30-,35+,36+,37+,38+,39+/m1/s1. The van der Waals surface area contributed by atoms with E-state index >= 15 is 0 Å². The molecule has 1 saturated heterocycles. The highest BCUT2D eigenvalue weighted by molar-refractivity contribution is 7.46. The Hall–Kier alpha value is -6.33. The number of amides is 6. The molecule has 0 radical (unpaired) electrons. The molecule has 9 N–H and O–H groups in total. The fraction of sp³-hybridized carbons (Fsp3) is 0.545. The topological polar surface area (TPSA) is 337 Å². The molecule has 1 aromatic carbocycles. The molecule has 1 aliphatic heterocycles. The van der Waals surface area contributed by atoms with Crippen LogP contribution in [0.1, 0.15) is 89.6 Å². The van der Waals surface area contributed by atoms with Crippen molar-refractivity contribution in [1.82, 2.24) is 50.7 Å². The fourth-order valence-electron chi connectivity index (χ4n) is 7.53. The highest BCUT2D eigenvalue weighted by atomic mass is 31.2. The van der Waals surface area contributed by atoms with Crippen molar-refractivity contribution in [2.75, 3.05) is 19.8 Å². The van der Waals surface area contributed by atoms with Crippen molar-refractivity contribution >= 4 is 55.6 Å². The van der Waals surface area contributed by atoms with E-state index in [9.17, 15) is 48.2 Å². The number of rotatable bonds is 29. The lowest BCUT2D eigenvalue weighted by molar-refractivity contribution is -0.139. The van der Waals surface area contributed by atoms with Gasteiger partial charge in [0.1, 0.15) is 42.5 Å². The summed E-state index contributed by atoms with van der Waals surface area (Å²) in [4.78, 5) is 109. The number of aliphatic hydroxyl groups excluding tert-OH is 1. The number of likely N-dealkylation sites (tertiary alicyclic amines) is 1. The summed E-state index contributed by atoms with van der Waals surface area (Å²) in [5.41, 5.74) is 7.68. The van der Waals surface area contributed by atoms with E-state index in [1.807, 2.05) is 50.4 Å². The highest BCUT2D eigenvalue weighted by Gasteiger charge is 2.37. The van der Waals surface area contributed by atoms with E-state index in [0.717, 1.165) is 31.7 Å². The zero-order chi connectivity index (χ0) is 50.5. The number of phosphoric acid groups is 1. The Morgan fingerprint density at radius 1 is 0.957 bits per heavy atom. The molecule has 0 aliphatic carbocycles. The molecule has 25 heteroatoms. The summed E-state index contributed by atoms with van der Waals surface area (Å²) in [6.07, 6.45) is 12.4. The van der Waals surface area contributed by atoms with Gasteiger partial charge in [-0.2, -0.15) is 0 Å². The van der Waals surface area contributed by atoms with Crippen LogP contribution in [0, 0.1) is 5.92 Å². The monoisotopic (exact) mass is 984 g/mol. The number of carbonyl (C=O) groups is 6. The third-order valence-corrected chi connectivity index (χ3v) is 11.6. The minimum Gasteiger partial charge on any atom is -0.396 e. The average molecular weight is 985 g/mol. The van der Waals surface area contributed by atoms with Gasteiger partial charge in [-0.3, -0.25) is 33.3 Å². The summed E-state index contributed by atoms with van der Waals surface area (Å²) >= 11 is 0. The molecule has 1 aliphatic rings. The van der Waals surface area contributed by atoms with Crippen LogP contribution in [-0.2, 0) is 62.2 Å². The number of aliphatic hydroxyl groups is 1. The minimum atomic E-state index is -5.13. The number of benzene rings is 1. The quantitative estimate of drug-likeness (QED) is 0.0201. The van der Waals surface area contributed by atoms with E-state index < -0.39 is 80.3 Å². The van der Waals surface area contributed by atoms with Crippen LogP contribution in [0.2, 0.25) is 0 Å². The van der Waals surface area contributed by atoms with Gasteiger partial charge in [0.05, 0.1) is 38.0 Å². The molecule has 3 aromatic rings. The molecular formula is C44H65N12O12P. The van der Waals surface area contributed by atoms with E-state index in [0.29, 0.717) is 56.9 Å². The van der Waals surface area contributed by atoms with Crippen LogP contribution >= 0.6 is 7.82 Å². The number of aryl methyl sites for hydroxylation is 1. The van der Waals surface area contributed by atoms with Gasteiger partial charge in [0.2, 0.25) is 35.4 Å². The number of oxime groups is 1. The van der Waals surface area contributed by atoms with E-state index in [1.54, 1.807) is 27.7 Å². The lowest BCUT2D eigenvalue weighted by Crippen LogP contribution is -2.61. The highest BCUT2D eigenvalue weighted by Crippen LogP contribution is 2.38. The third kappa shape index (κ3) is 18.9. The summed E-state index contributed by atoms with van der Waals surface area (Å²) < 4.78 is 19.5. The number of hydrogen-bond acceptors (Lipinski definition) is 14. The van der Waals surface area contributed by atoms with Crippen LogP contribution in [0.25, 0.3) is 6.08 Å². The molecule has 6 atom stereocenters. The van der Waals surface area contributed by atoms with Crippen LogP contribution in [-0.4, -0.2) is 142 Å². The molecule has 0 bridgehead atoms. The smallest absolute Gasteiger partial charge is 0.396 e. The molecule has 0 unspecified atom stereocenters. The molecule has 1 fully saturated rings. The predicted molar refractivity (Wildman–Crippen MR) is 250 cm³/mol. The van der Waals surface area contributed by atoms with E-state index in [2.05, 4.69) is 46.2 Å². The Balaban J connectivity index is 1.37. The predicted octanol–water partition coefficient (Wildman–Crippen LogP) is 0.313. The van der Waals surface area contributed by atoms with Crippen LogP contribution in [0.3, 0.4) is 0 Å². The molecule has 0 saturated carbocycles. The van der Waals surface area contributed by atoms with Gasteiger partial charge < -0.3 is 56.2 Å². The summed E-state index contributed by atoms with van der Waals surface area (Å²) in [6, 6.07) is 3.05. The molecule has 0 spiro atoms. The number of nitrogens with two attached hydrogens (primary N) is 1. The van der Waals surface area contributed by atoms with Gasteiger partial charge in [-0.25, -0.2) is 14.2 Å². The second-order valence-corrected chi connectivity index (χ2v) is 18.2. The second-order valence-electron chi connectivity index (χ2n) is 17.0. The Bertz CT molecular complexity index is 2270. The first-order chi connectivity index (χ1) is 32.8. The number of carbonyl (C=O) groups excluding carboxylic acids is 6. The summed E-state index contributed by atoms with van der Waals surface area (Å²) in [6.45, 7) is 7.00. The van der Waals surface area contributed by atoms with Crippen molar-refractivity contribution in [3.63, 3.8) is 0 Å². The molecule has 24 nitrogen and oxygen atoms in total. The van der Waals surface area contributed by atoms with E-state index in [1.165, 1.54) is 24.2 Å². The van der Waals surface area contributed by atoms with Crippen LogP contribution in [0.5, 0.6) is 0 Å². The van der Waals surface area contributed by atoms with Gasteiger partial charge in [0.25, 0.3) is 0 Å². The Morgan fingerprint density at radius 2 is 1.65 bits per heavy atom. The minimum absolute atomic E-state index is 0.104. The van der Waals surface area contributed by atoms with Gasteiger partial charge >= 0.3 is 7.82 Å². The molecule has 4 rings (SSSR count). The molecular weight excluding hydrogens is 920 g/mol. The van der Waals surface area contributed by atoms with Crippen LogP contribution in [0.15, 0.2) is 60.3 Å².